The SMILES string of the molecule is Cc1cccc(C=N[N-]C(=[SH+])NCCc2ccccn2)n1.[Cl][Cu][Cl]. The van der Waals surface area contributed by atoms with Gasteiger partial charge in [0.1, 0.15) is 0 Å². The molecule has 2 heterocycles. The molecule has 0 fully saturated rings. The number of aryl methyl sites for hydroxylation is 1. The molecule has 5 nitrogen and oxygen atoms in total. The van der Waals surface area contributed by atoms with Crippen molar-refractivity contribution in [2.75, 3.05) is 6.54 Å². The number of rotatable bonds is 5. The second-order valence-electron chi connectivity index (χ2n) is 4.41. The fraction of sp³-hybridized carbons (Fsp3) is 0.200. The Morgan fingerprint density at radius 3 is 2.79 bits per heavy atom. The molecule has 9 heteroatoms. The standard InChI is InChI=1S/C15H17N5S.2ClH.Cu/c1-12-5-4-7-14(19-12)11-18-20-15(21)17-10-8-13-6-2-3-9-16-13;;;/h2-7,9,11H,8,10H2,1H3,(H2,17,19,20,21);2*1H;/q;;;+2/p-2. The predicted octanol–water partition coefficient (Wildman–Crippen LogP) is 3.07. The molecule has 0 radical (unpaired) electrons. The van der Waals surface area contributed by atoms with E-state index in [-0.39, 0.29) is 0 Å². The summed E-state index contributed by atoms with van der Waals surface area (Å²) in [5.41, 5.74) is 6.70. The van der Waals surface area contributed by atoms with Gasteiger partial charge in [0.25, 0.3) is 0 Å². The zero-order chi connectivity index (χ0) is 17.6. The third-order valence-corrected chi connectivity index (χ3v) is 2.89. The summed E-state index contributed by atoms with van der Waals surface area (Å²) in [4.78, 5) is 8.54. The molecule has 0 atom stereocenters. The van der Waals surface area contributed by atoms with Gasteiger partial charge >= 0.3 is 33.3 Å². The van der Waals surface area contributed by atoms with Crippen molar-refractivity contribution in [2.45, 2.75) is 13.3 Å². The minimum atomic E-state index is 0.467. The van der Waals surface area contributed by atoms with Gasteiger partial charge in [-0.25, -0.2) is 0 Å². The number of thiol groups is 1. The first-order valence-electron chi connectivity index (χ1n) is 6.84. The number of nitrogens with one attached hydrogen (secondary N) is 1. The van der Waals surface area contributed by atoms with E-state index in [1.807, 2.05) is 43.3 Å². The molecule has 1 N–H and O–H groups in total. The van der Waals surface area contributed by atoms with E-state index in [9.17, 15) is 0 Å². The van der Waals surface area contributed by atoms with Gasteiger partial charge in [0.15, 0.2) is 17.3 Å². The maximum absolute atomic E-state index is 4.67. The van der Waals surface area contributed by atoms with Crippen molar-refractivity contribution in [1.82, 2.24) is 15.3 Å². The first kappa shape index (κ1) is 21.0. The predicted molar refractivity (Wildman–Crippen MR) is 101 cm³/mol. The van der Waals surface area contributed by atoms with E-state index in [1.165, 1.54) is 0 Å². The molecule has 133 valence electrons. The molecule has 0 spiro atoms. The third kappa shape index (κ3) is 9.92. The summed E-state index contributed by atoms with van der Waals surface area (Å²) in [6, 6.07) is 11.6. The topological polar surface area (TPSA) is 64.3 Å². The summed E-state index contributed by atoms with van der Waals surface area (Å²) in [7, 11) is 9.34. The molecule has 2 aromatic rings. The van der Waals surface area contributed by atoms with Crippen LogP contribution in [-0.4, -0.2) is 27.8 Å². The van der Waals surface area contributed by atoms with Crippen LogP contribution in [0.5, 0.6) is 0 Å². The quantitative estimate of drug-likeness (QED) is 0.197. The second kappa shape index (κ2) is 13.2. The number of pyridine rings is 2. The molecule has 0 saturated heterocycles. The molecule has 2 aromatic heterocycles. The molecule has 2 rings (SSSR count). The summed E-state index contributed by atoms with van der Waals surface area (Å²) in [5, 5.41) is 7.49. The van der Waals surface area contributed by atoms with E-state index in [1.54, 1.807) is 12.4 Å². The van der Waals surface area contributed by atoms with Gasteiger partial charge in [-0.3, -0.25) is 15.3 Å². The summed E-state index contributed by atoms with van der Waals surface area (Å²) >= 11 is 4.98. The fourth-order valence-corrected chi connectivity index (χ4v) is 1.83. The van der Waals surface area contributed by atoms with Crippen molar-refractivity contribution in [3.8, 4) is 0 Å². The number of hydrogen-bond acceptors (Lipinski definition) is 3. The molecule has 0 aliphatic rings. The Kier molecular flexibility index (Phi) is 11.6. The van der Waals surface area contributed by atoms with Gasteiger partial charge < -0.3 is 10.5 Å². The van der Waals surface area contributed by atoms with Crippen molar-refractivity contribution < 1.29 is 13.1 Å². The van der Waals surface area contributed by atoms with Crippen LogP contribution < -0.4 is 5.32 Å². The summed E-state index contributed by atoms with van der Waals surface area (Å²) in [6.45, 7) is 2.64. The van der Waals surface area contributed by atoms with Crippen LogP contribution in [0.3, 0.4) is 0 Å². The van der Waals surface area contributed by atoms with Crippen LogP contribution in [0.15, 0.2) is 47.7 Å². The van der Waals surface area contributed by atoms with Crippen LogP contribution in [0.2, 0.25) is 0 Å². The number of hydrogen-bond donors (Lipinski definition) is 1. The van der Waals surface area contributed by atoms with E-state index < -0.39 is 0 Å². The number of nitrogens with zero attached hydrogens (tertiary/aromatic N) is 4. The summed E-state index contributed by atoms with van der Waals surface area (Å²) in [6.07, 6.45) is 4.19. The summed E-state index contributed by atoms with van der Waals surface area (Å²) in [5.74, 6) is 0. The average Bonchev–Trinajstić information content (AvgIpc) is 2.57. The van der Waals surface area contributed by atoms with Crippen molar-refractivity contribution in [2.24, 2.45) is 5.10 Å². The van der Waals surface area contributed by atoms with E-state index >= 15 is 0 Å². The van der Waals surface area contributed by atoms with Gasteiger partial charge in [-0.05, 0) is 31.2 Å². The Labute approximate surface area is 161 Å². The maximum atomic E-state index is 4.67. The zero-order valence-electron chi connectivity index (χ0n) is 12.8. The van der Waals surface area contributed by atoms with Crippen LogP contribution in [-0.2, 0) is 31.8 Å². The Morgan fingerprint density at radius 1 is 1.33 bits per heavy atom. The van der Waals surface area contributed by atoms with Crippen LogP contribution >= 0.6 is 20.2 Å². The molecule has 0 aliphatic carbocycles. The van der Waals surface area contributed by atoms with Crippen LogP contribution in [0.4, 0.5) is 0 Å². The van der Waals surface area contributed by atoms with Crippen molar-refractivity contribution >= 4 is 43.7 Å². The van der Waals surface area contributed by atoms with Gasteiger partial charge in [0.05, 0.1) is 5.69 Å². The first-order chi connectivity index (χ1) is 11.7. The van der Waals surface area contributed by atoms with Crippen molar-refractivity contribution in [1.29, 1.82) is 0 Å². The average molecular weight is 434 g/mol. The molecule has 0 bridgehead atoms. The van der Waals surface area contributed by atoms with Gasteiger partial charge in [0.2, 0.25) is 0 Å². The number of aromatic nitrogens is 2. The fourth-order valence-electron chi connectivity index (χ4n) is 1.66. The Hall–Kier alpha value is -1.08. The van der Waals surface area contributed by atoms with Crippen molar-refractivity contribution in [3.05, 3.63) is 65.1 Å². The van der Waals surface area contributed by atoms with E-state index in [2.05, 4.69) is 58.2 Å². The molecule has 24 heavy (non-hydrogen) atoms. The Bertz CT molecular complexity index is 643. The first-order valence-corrected chi connectivity index (χ1v) is 9.88. The van der Waals surface area contributed by atoms with Crippen LogP contribution in [0, 0.1) is 6.92 Å². The van der Waals surface area contributed by atoms with E-state index in [4.69, 9.17) is 0 Å². The monoisotopic (exact) mass is 432 g/mol. The molecule has 0 saturated carbocycles. The number of halogens is 2. The van der Waals surface area contributed by atoms with E-state index in [0.29, 0.717) is 11.7 Å². The molecule has 0 aliphatic heterocycles. The zero-order valence-corrected chi connectivity index (χ0v) is 16.2. The van der Waals surface area contributed by atoms with Gasteiger partial charge in [-0.15, -0.1) is 0 Å². The summed E-state index contributed by atoms with van der Waals surface area (Å²) < 4.78 is 0. The molecule has 0 amide bonds. The van der Waals surface area contributed by atoms with Gasteiger partial charge in [0, 0.05) is 36.8 Å². The van der Waals surface area contributed by atoms with Gasteiger partial charge in [-0.1, -0.05) is 12.1 Å². The minimum absolute atomic E-state index is 0.467. The molecule has 0 aromatic carbocycles. The van der Waals surface area contributed by atoms with Gasteiger partial charge in [-0.2, -0.15) is 0 Å². The molecular formula is C15H17Cl2CuN5S. The Morgan fingerprint density at radius 2 is 2.12 bits per heavy atom. The molecular weight excluding hydrogens is 417 g/mol. The molecule has 0 unspecified atom stereocenters. The second-order valence-corrected chi connectivity index (χ2v) is 6.39. The third-order valence-electron chi connectivity index (χ3n) is 2.64. The Balaban J connectivity index is 0.000000891. The van der Waals surface area contributed by atoms with E-state index in [0.717, 1.165) is 36.6 Å². The van der Waals surface area contributed by atoms with Crippen molar-refractivity contribution in [3.63, 3.8) is 0 Å². The normalized spacial score (nSPS) is 10.3. The van der Waals surface area contributed by atoms with Crippen LogP contribution in [0.1, 0.15) is 17.1 Å². The van der Waals surface area contributed by atoms with Crippen LogP contribution in [0.25, 0.3) is 5.43 Å².